The highest BCUT2D eigenvalue weighted by atomic mass is 127. The van der Waals surface area contributed by atoms with Crippen LogP contribution in [0.25, 0.3) is 0 Å². The number of halogens is 3. The van der Waals surface area contributed by atoms with Gasteiger partial charge in [-0.1, -0.05) is 34.5 Å². The van der Waals surface area contributed by atoms with E-state index in [0.29, 0.717) is 0 Å². The molecule has 0 fully saturated rings. The molecule has 1 aromatic heterocycles. The van der Waals surface area contributed by atoms with Gasteiger partial charge in [-0.15, -0.1) is 0 Å². The van der Waals surface area contributed by atoms with E-state index >= 15 is 0 Å². The molecule has 1 unspecified atom stereocenters. The van der Waals surface area contributed by atoms with Crippen molar-refractivity contribution < 1.29 is 0 Å². The fraction of sp³-hybridized carbons (Fsp3) is 0.400. The summed E-state index contributed by atoms with van der Waals surface area (Å²) in [5.74, 6) is 0. The molecule has 0 amide bonds. The maximum atomic E-state index is 6.39. The maximum Gasteiger partial charge on any atom is 0.0847 e. The van der Waals surface area contributed by atoms with Gasteiger partial charge in [-0.05, 0) is 59.8 Å². The van der Waals surface area contributed by atoms with E-state index in [0.717, 1.165) is 33.8 Å². The Bertz CT molecular complexity index is 642. The first kappa shape index (κ1) is 17.2. The number of benzene rings is 1. The lowest BCUT2D eigenvalue weighted by Crippen LogP contribution is -2.24. The van der Waals surface area contributed by atoms with E-state index in [1.165, 1.54) is 9.13 Å². The smallest absolute Gasteiger partial charge is 0.0847 e. The molecule has 1 aromatic carbocycles. The summed E-state index contributed by atoms with van der Waals surface area (Å²) in [5, 5.41) is 8.73. The minimum absolute atomic E-state index is 0.215. The zero-order valence-corrected chi connectivity index (χ0v) is 16.8. The molecule has 6 heteroatoms. The number of hydrogen-bond donors (Lipinski definition) is 1. The summed E-state index contributed by atoms with van der Waals surface area (Å²) in [6.45, 7) is 4.96. The number of likely N-dealkylation sites (N-methyl/N-ethyl adjacent to an activating group) is 1. The van der Waals surface area contributed by atoms with Gasteiger partial charge < -0.3 is 5.32 Å². The first-order valence-electron chi connectivity index (χ1n) is 6.80. The Labute approximate surface area is 152 Å². The molecule has 1 N–H and O–H groups in total. The van der Waals surface area contributed by atoms with Crippen LogP contribution in [0.15, 0.2) is 22.7 Å². The van der Waals surface area contributed by atoms with Crippen molar-refractivity contribution in [2.24, 2.45) is 7.05 Å². The highest BCUT2D eigenvalue weighted by Crippen LogP contribution is 2.29. The molecule has 114 valence electrons. The van der Waals surface area contributed by atoms with Crippen LogP contribution in [0, 0.1) is 10.5 Å². The number of nitrogens with one attached hydrogen (secondary N) is 1. The first-order valence-corrected chi connectivity index (χ1v) is 9.05. The second kappa shape index (κ2) is 7.44. The van der Waals surface area contributed by atoms with E-state index in [1.807, 2.05) is 18.7 Å². The van der Waals surface area contributed by atoms with Gasteiger partial charge in [0.05, 0.1) is 16.4 Å². The molecule has 21 heavy (non-hydrogen) atoms. The van der Waals surface area contributed by atoms with E-state index in [4.69, 9.17) is 11.6 Å². The SMILES string of the molecule is CCNC(Cc1c(Cl)c(C)nn1C)c1cc(Br)ccc1I. The van der Waals surface area contributed by atoms with Gasteiger partial charge in [0.15, 0.2) is 0 Å². The zero-order valence-electron chi connectivity index (χ0n) is 12.3. The molecule has 2 rings (SSSR count). The lowest BCUT2D eigenvalue weighted by atomic mass is 10.0. The number of rotatable bonds is 5. The highest BCUT2D eigenvalue weighted by Gasteiger charge is 2.20. The summed E-state index contributed by atoms with van der Waals surface area (Å²) in [7, 11) is 1.95. The quantitative estimate of drug-likeness (QED) is 0.630. The molecular formula is C15H18BrClIN3. The second-order valence-corrected chi connectivity index (χ2v) is 7.41. The lowest BCUT2D eigenvalue weighted by molar-refractivity contribution is 0.527. The normalized spacial score (nSPS) is 12.7. The Morgan fingerprint density at radius 1 is 1.48 bits per heavy atom. The molecule has 0 aliphatic heterocycles. The minimum Gasteiger partial charge on any atom is -0.310 e. The molecule has 0 spiro atoms. The second-order valence-electron chi connectivity index (χ2n) is 4.95. The number of aryl methyl sites for hydroxylation is 2. The Morgan fingerprint density at radius 2 is 2.19 bits per heavy atom. The van der Waals surface area contributed by atoms with Crippen LogP contribution in [-0.2, 0) is 13.5 Å². The van der Waals surface area contributed by atoms with Crippen molar-refractivity contribution in [1.82, 2.24) is 15.1 Å². The van der Waals surface area contributed by atoms with Crippen molar-refractivity contribution in [3.63, 3.8) is 0 Å². The van der Waals surface area contributed by atoms with E-state index in [1.54, 1.807) is 0 Å². The third-order valence-corrected chi connectivity index (χ3v) is 5.41. The summed E-state index contributed by atoms with van der Waals surface area (Å²) in [6, 6.07) is 6.58. The maximum absolute atomic E-state index is 6.39. The van der Waals surface area contributed by atoms with Crippen LogP contribution in [0.4, 0.5) is 0 Å². The van der Waals surface area contributed by atoms with Gasteiger partial charge in [0.1, 0.15) is 0 Å². The Hall–Kier alpha value is -0.110. The predicted molar refractivity (Wildman–Crippen MR) is 99.9 cm³/mol. The predicted octanol–water partition coefficient (Wildman–Crippen LogP) is 4.64. The van der Waals surface area contributed by atoms with E-state index < -0.39 is 0 Å². The Balaban J connectivity index is 2.37. The third kappa shape index (κ3) is 4.00. The molecule has 0 radical (unpaired) electrons. The first-order chi connectivity index (χ1) is 9.93. The van der Waals surface area contributed by atoms with Crippen molar-refractivity contribution in [1.29, 1.82) is 0 Å². The monoisotopic (exact) mass is 481 g/mol. The summed E-state index contributed by atoms with van der Waals surface area (Å²) < 4.78 is 4.22. The van der Waals surface area contributed by atoms with Gasteiger partial charge in [0.2, 0.25) is 0 Å². The van der Waals surface area contributed by atoms with E-state index in [2.05, 4.69) is 74.1 Å². The van der Waals surface area contributed by atoms with E-state index in [9.17, 15) is 0 Å². The fourth-order valence-corrected chi connectivity index (χ4v) is 3.74. The molecule has 0 aliphatic carbocycles. The molecule has 1 heterocycles. The van der Waals surface area contributed by atoms with Crippen molar-refractivity contribution in [2.45, 2.75) is 26.3 Å². The molecule has 0 saturated heterocycles. The summed E-state index contributed by atoms with van der Waals surface area (Å²) >= 11 is 12.3. The van der Waals surface area contributed by atoms with Crippen molar-refractivity contribution >= 4 is 50.1 Å². The number of nitrogens with zero attached hydrogens (tertiary/aromatic N) is 2. The van der Waals surface area contributed by atoms with Gasteiger partial charge in [-0.3, -0.25) is 4.68 Å². The highest BCUT2D eigenvalue weighted by molar-refractivity contribution is 14.1. The molecule has 0 bridgehead atoms. The zero-order chi connectivity index (χ0) is 15.6. The van der Waals surface area contributed by atoms with Crippen LogP contribution in [0.1, 0.15) is 29.9 Å². The van der Waals surface area contributed by atoms with Gasteiger partial charge in [-0.2, -0.15) is 5.10 Å². The van der Waals surface area contributed by atoms with Gasteiger partial charge in [0, 0.05) is 27.6 Å². The van der Waals surface area contributed by atoms with Crippen LogP contribution >= 0.6 is 50.1 Å². The molecule has 3 nitrogen and oxygen atoms in total. The number of hydrogen-bond acceptors (Lipinski definition) is 2. The average Bonchev–Trinajstić information content (AvgIpc) is 2.67. The van der Waals surface area contributed by atoms with Crippen LogP contribution in [0.5, 0.6) is 0 Å². The topological polar surface area (TPSA) is 29.9 Å². The van der Waals surface area contributed by atoms with Crippen LogP contribution in [-0.4, -0.2) is 16.3 Å². The molecule has 0 aliphatic rings. The molecule has 2 aromatic rings. The van der Waals surface area contributed by atoms with Crippen molar-refractivity contribution in [3.8, 4) is 0 Å². The summed E-state index contributed by atoms with van der Waals surface area (Å²) in [4.78, 5) is 0. The fourth-order valence-electron chi connectivity index (χ4n) is 2.42. The van der Waals surface area contributed by atoms with Crippen molar-refractivity contribution in [2.75, 3.05) is 6.54 Å². The Kier molecular flexibility index (Phi) is 6.11. The van der Waals surface area contributed by atoms with Gasteiger partial charge >= 0.3 is 0 Å². The standard InChI is InChI=1S/C15H18BrClIN3/c1-4-19-13(11-7-10(16)5-6-12(11)18)8-14-15(17)9(2)20-21(14)3/h5-7,13,19H,4,8H2,1-3H3. The summed E-state index contributed by atoms with van der Waals surface area (Å²) in [6.07, 6.45) is 0.816. The Morgan fingerprint density at radius 3 is 2.76 bits per heavy atom. The van der Waals surface area contributed by atoms with Gasteiger partial charge in [0.25, 0.3) is 0 Å². The van der Waals surface area contributed by atoms with Gasteiger partial charge in [-0.25, -0.2) is 0 Å². The minimum atomic E-state index is 0.215. The lowest BCUT2D eigenvalue weighted by Gasteiger charge is -2.20. The molecule has 0 saturated carbocycles. The van der Waals surface area contributed by atoms with E-state index in [-0.39, 0.29) is 6.04 Å². The summed E-state index contributed by atoms with van der Waals surface area (Å²) in [5.41, 5.74) is 3.23. The van der Waals surface area contributed by atoms with Crippen LogP contribution in [0.2, 0.25) is 5.02 Å². The number of aromatic nitrogens is 2. The molecule has 1 atom stereocenters. The van der Waals surface area contributed by atoms with Crippen molar-refractivity contribution in [3.05, 3.63) is 48.2 Å². The molecular weight excluding hydrogens is 464 g/mol. The third-order valence-electron chi connectivity index (χ3n) is 3.44. The average molecular weight is 483 g/mol. The largest absolute Gasteiger partial charge is 0.310 e. The van der Waals surface area contributed by atoms with Crippen LogP contribution in [0.3, 0.4) is 0 Å². The van der Waals surface area contributed by atoms with Crippen LogP contribution < -0.4 is 5.32 Å².